The number of morpholine rings is 1. The molecule has 2 aromatic heterocycles. The third kappa shape index (κ3) is 3.69. The van der Waals surface area contributed by atoms with Gasteiger partial charge in [-0.3, -0.25) is 0 Å². The minimum absolute atomic E-state index is 0.0891. The first-order chi connectivity index (χ1) is 18.4. The van der Waals surface area contributed by atoms with Gasteiger partial charge in [0.05, 0.1) is 40.7 Å². The molecule has 0 amide bonds. The zero-order valence-electron chi connectivity index (χ0n) is 20.8. The van der Waals surface area contributed by atoms with Crippen molar-refractivity contribution in [3.8, 4) is 23.2 Å². The highest BCUT2D eigenvalue weighted by Gasteiger charge is 2.52. The van der Waals surface area contributed by atoms with Crippen LogP contribution >= 0.6 is 11.3 Å². The molecule has 0 spiro atoms. The molecule has 0 aliphatic carbocycles. The summed E-state index contributed by atoms with van der Waals surface area (Å²) in [6.45, 7) is 4.11. The standard InChI is InChI=1S/C26H20F5N5O2S/c1-25(2)16-6-10(38-25)9-36(16)23-12-7-14(26(29,30)31)18(19(28)20(12)34-24(35-23)37-3)11-4-5-15(27)21-17(11)13(8-32)22(33)39-21/h4-5,7,10,16H,6,9,33H2,1-3H3. The van der Waals surface area contributed by atoms with E-state index in [2.05, 4.69) is 9.97 Å². The molecular weight excluding hydrogens is 541 g/mol. The Labute approximate surface area is 222 Å². The van der Waals surface area contributed by atoms with Gasteiger partial charge < -0.3 is 20.1 Å². The number of halogens is 5. The maximum absolute atomic E-state index is 16.4. The van der Waals surface area contributed by atoms with Crippen LogP contribution in [-0.4, -0.2) is 41.4 Å². The number of ether oxygens (including phenoxy) is 2. The number of aromatic nitrogens is 2. The zero-order valence-corrected chi connectivity index (χ0v) is 21.6. The number of nitriles is 1. The molecule has 2 atom stereocenters. The lowest BCUT2D eigenvalue weighted by atomic mass is 9.92. The van der Waals surface area contributed by atoms with E-state index in [1.165, 1.54) is 7.11 Å². The van der Waals surface area contributed by atoms with E-state index in [4.69, 9.17) is 15.2 Å². The number of methoxy groups -OCH3 is 1. The topological polar surface area (TPSA) is 97.3 Å². The summed E-state index contributed by atoms with van der Waals surface area (Å²) in [4.78, 5) is 10.2. The average molecular weight is 562 g/mol. The molecule has 13 heteroatoms. The van der Waals surface area contributed by atoms with Crippen molar-refractivity contribution in [1.82, 2.24) is 9.97 Å². The molecular formula is C26H20F5N5O2S. The number of nitrogens with two attached hydrogens (primary N) is 1. The molecule has 2 unspecified atom stereocenters. The first-order valence-electron chi connectivity index (χ1n) is 11.9. The van der Waals surface area contributed by atoms with E-state index in [0.717, 1.165) is 18.2 Å². The van der Waals surface area contributed by atoms with Gasteiger partial charge in [-0.1, -0.05) is 6.07 Å². The summed E-state index contributed by atoms with van der Waals surface area (Å²) < 4.78 is 86.0. The van der Waals surface area contributed by atoms with Crippen LogP contribution in [0.15, 0.2) is 18.2 Å². The van der Waals surface area contributed by atoms with E-state index in [-0.39, 0.29) is 55.6 Å². The van der Waals surface area contributed by atoms with Crippen molar-refractivity contribution in [1.29, 1.82) is 5.26 Å². The second-order valence-electron chi connectivity index (χ2n) is 10.0. The molecule has 2 aliphatic heterocycles. The lowest BCUT2D eigenvalue weighted by Crippen LogP contribution is -2.50. The van der Waals surface area contributed by atoms with Crippen molar-refractivity contribution >= 4 is 43.1 Å². The fourth-order valence-electron chi connectivity index (χ4n) is 5.78. The van der Waals surface area contributed by atoms with Crippen LogP contribution in [0, 0.1) is 23.0 Å². The largest absolute Gasteiger partial charge is 0.467 e. The van der Waals surface area contributed by atoms with Gasteiger partial charge in [-0.25, -0.2) is 8.78 Å². The van der Waals surface area contributed by atoms with Gasteiger partial charge in [-0.15, -0.1) is 11.3 Å². The molecule has 39 heavy (non-hydrogen) atoms. The van der Waals surface area contributed by atoms with Crippen molar-refractivity contribution < 1.29 is 31.4 Å². The molecule has 2 N–H and O–H groups in total. The van der Waals surface area contributed by atoms with Gasteiger partial charge in [0.15, 0.2) is 5.82 Å². The maximum atomic E-state index is 16.4. The van der Waals surface area contributed by atoms with Crippen LogP contribution in [-0.2, 0) is 10.9 Å². The fraction of sp³-hybridized carbons (Fsp3) is 0.346. The Morgan fingerprint density at radius 2 is 2.00 bits per heavy atom. The van der Waals surface area contributed by atoms with Crippen LogP contribution < -0.4 is 15.4 Å². The lowest BCUT2D eigenvalue weighted by molar-refractivity contribution is -0.137. The van der Waals surface area contributed by atoms with Crippen molar-refractivity contribution in [2.24, 2.45) is 0 Å². The van der Waals surface area contributed by atoms with E-state index in [1.807, 2.05) is 24.8 Å². The van der Waals surface area contributed by atoms with Crippen LogP contribution in [0.4, 0.5) is 32.8 Å². The van der Waals surface area contributed by atoms with Gasteiger partial charge in [-0.2, -0.15) is 28.4 Å². The van der Waals surface area contributed by atoms with Crippen molar-refractivity contribution in [3.63, 3.8) is 0 Å². The quantitative estimate of drug-likeness (QED) is 0.305. The Hall–Kier alpha value is -3.76. The molecule has 2 saturated heterocycles. The fourth-order valence-corrected chi connectivity index (χ4v) is 6.73. The van der Waals surface area contributed by atoms with E-state index in [9.17, 15) is 22.8 Å². The SMILES string of the molecule is COc1nc(N2CC3CC2C(C)(C)O3)c2cc(C(F)(F)F)c(-c3ccc(F)c4sc(N)c(C#N)c34)c(F)c2n1. The molecule has 0 saturated carbocycles. The summed E-state index contributed by atoms with van der Waals surface area (Å²) in [6.07, 6.45) is -4.55. The second kappa shape index (κ2) is 8.37. The zero-order chi connectivity index (χ0) is 28.0. The molecule has 4 heterocycles. The van der Waals surface area contributed by atoms with Gasteiger partial charge in [0, 0.05) is 22.9 Å². The lowest BCUT2D eigenvalue weighted by Gasteiger charge is -2.39. The monoisotopic (exact) mass is 561 g/mol. The number of hydrogen-bond acceptors (Lipinski definition) is 8. The van der Waals surface area contributed by atoms with Crippen molar-refractivity contribution in [2.75, 3.05) is 24.3 Å². The van der Waals surface area contributed by atoms with Gasteiger partial charge in [0.25, 0.3) is 0 Å². The molecule has 2 fully saturated rings. The number of nitrogens with zero attached hydrogens (tertiary/aromatic N) is 4. The normalized spacial score (nSPS) is 20.2. The summed E-state index contributed by atoms with van der Waals surface area (Å²) in [7, 11) is 1.27. The Bertz CT molecular complexity index is 1730. The predicted octanol–water partition coefficient (Wildman–Crippen LogP) is 6.03. The number of anilines is 2. The van der Waals surface area contributed by atoms with Crippen molar-refractivity contribution in [2.45, 2.75) is 44.2 Å². The van der Waals surface area contributed by atoms with Gasteiger partial charge in [0.2, 0.25) is 0 Å². The van der Waals surface area contributed by atoms with E-state index in [1.54, 1.807) is 0 Å². The molecule has 0 radical (unpaired) electrons. The summed E-state index contributed by atoms with van der Waals surface area (Å²) in [5.74, 6) is -2.00. The number of alkyl halides is 3. The summed E-state index contributed by atoms with van der Waals surface area (Å²) in [6, 6.07) is 4.11. The third-order valence-electron chi connectivity index (χ3n) is 7.39. The van der Waals surface area contributed by atoms with Crippen LogP contribution in [0.1, 0.15) is 31.4 Å². The highest BCUT2D eigenvalue weighted by molar-refractivity contribution is 7.23. The minimum Gasteiger partial charge on any atom is -0.467 e. The van der Waals surface area contributed by atoms with Crippen LogP contribution in [0.25, 0.3) is 32.1 Å². The third-order valence-corrected chi connectivity index (χ3v) is 8.41. The summed E-state index contributed by atoms with van der Waals surface area (Å²) in [5.41, 5.74) is 2.13. The molecule has 7 nitrogen and oxygen atoms in total. The number of fused-ring (bicyclic) bond motifs is 4. The molecule has 2 aliphatic rings. The number of rotatable bonds is 3. The van der Waals surface area contributed by atoms with Crippen molar-refractivity contribution in [3.05, 3.63) is 41.0 Å². The first kappa shape index (κ1) is 25.5. The maximum Gasteiger partial charge on any atom is 0.417 e. The van der Waals surface area contributed by atoms with Gasteiger partial charge in [-0.05, 0) is 38.0 Å². The molecule has 2 aromatic carbocycles. The number of thiophene rings is 1. The summed E-state index contributed by atoms with van der Waals surface area (Å²) in [5, 5.41) is 9.20. The Morgan fingerprint density at radius 3 is 2.62 bits per heavy atom. The molecule has 202 valence electrons. The van der Waals surface area contributed by atoms with Gasteiger partial charge >= 0.3 is 12.2 Å². The van der Waals surface area contributed by atoms with Crippen LogP contribution in [0.5, 0.6) is 6.01 Å². The first-order valence-corrected chi connectivity index (χ1v) is 12.7. The van der Waals surface area contributed by atoms with Crippen LogP contribution in [0.3, 0.4) is 0 Å². The number of nitrogen functional groups attached to an aromatic ring is 1. The molecule has 6 rings (SSSR count). The highest BCUT2D eigenvalue weighted by atomic mass is 32.1. The Kier molecular flexibility index (Phi) is 5.47. The minimum atomic E-state index is -5.02. The van der Waals surface area contributed by atoms with Crippen LogP contribution in [0.2, 0.25) is 0 Å². The second-order valence-corrected chi connectivity index (χ2v) is 11.1. The number of hydrogen-bond donors (Lipinski definition) is 1. The van der Waals surface area contributed by atoms with E-state index >= 15 is 4.39 Å². The smallest absolute Gasteiger partial charge is 0.417 e. The van der Waals surface area contributed by atoms with E-state index < -0.39 is 40.1 Å². The molecule has 2 bridgehead atoms. The predicted molar refractivity (Wildman–Crippen MR) is 136 cm³/mol. The Balaban J connectivity index is 1.71. The van der Waals surface area contributed by atoms with E-state index in [0.29, 0.717) is 24.3 Å². The Morgan fingerprint density at radius 1 is 1.26 bits per heavy atom. The summed E-state index contributed by atoms with van der Waals surface area (Å²) >= 11 is 0.706. The molecule has 4 aromatic rings. The number of benzene rings is 2. The van der Waals surface area contributed by atoms with Gasteiger partial charge in [0.1, 0.15) is 28.2 Å². The average Bonchev–Trinajstić information content (AvgIpc) is 3.53. The highest BCUT2D eigenvalue weighted by Crippen LogP contribution is 2.49.